The lowest BCUT2D eigenvalue weighted by Crippen LogP contribution is -2.28. The molecule has 0 radical (unpaired) electrons. The van der Waals surface area contributed by atoms with Gasteiger partial charge < -0.3 is 15.4 Å². The zero-order valence-corrected chi connectivity index (χ0v) is 18.3. The van der Waals surface area contributed by atoms with E-state index in [2.05, 4.69) is 42.9 Å². The average molecular weight is 443 g/mol. The van der Waals surface area contributed by atoms with Gasteiger partial charge in [-0.25, -0.2) is 9.97 Å². The van der Waals surface area contributed by atoms with Crippen LogP contribution in [-0.2, 0) is 11.2 Å². The molecule has 3 aromatic heterocycles. The molecular formula is C25H26N6O2. The smallest absolute Gasteiger partial charge is 0.269 e. The van der Waals surface area contributed by atoms with Gasteiger partial charge in [0.1, 0.15) is 11.5 Å². The van der Waals surface area contributed by atoms with Crippen LogP contribution in [0.3, 0.4) is 0 Å². The quantitative estimate of drug-likeness (QED) is 0.404. The maximum Gasteiger partial charge on any atom is 0.269 e. The number of amides is 1. The molecule has 3 N–H and O–H groups in total. The van der Waals surface area contributed by atoms with Crippen molar-refractivity contribution >= 4 is 22.6 Å². The van der Waals surface area contributed by atoms with Crippen molar-refractivity contribution in [3.8, 4) is 11.1 Å². The van der Waals surface area contributed by atoms with Crippen molar-refractivity contribution in [3.63, 3.8) is 0 Å². The summed E-state index contributed by atoms with van der Waals surface area (Å²) in [5.74, 6) is 0.587. The lowest BCUT2D eigenvalue weighted by Gasteiger charge is -2.23. The van der Waals surface area contributed by atoms with Crippen LogP contribution in [0.5, 0.6) is 0 Å². The summed E-state index contributed by atoms with van der Waals surface area (Å²) in [6, 6.07) is 14.0. The van der Waals surface area contributed by atoms with Gasteiger partial charge in [-0.2, -0.15) is 5.10 Å². The molecule has 5 rings (SSSR count). The number of rotatable bonds is 7. The number of aromatic nitrogens is 4. The highest BCUT2D eigenvalue weighted by Gasteiger charge is 2.15. The van der Waals surface area contributed by atoms with E-state index in [0.717, 1.165) is 59.5 Å². The van der Waals surface area contributed by atoms with Gasteiger partial charge in [-0.3, -0.25) is 9.89 Å². The fourth-order valence-electron chi connectivity index (χ4n) is 4.09. The molecule has 0 bridgehead atoms. The summed E-state index contributed by atoms with van der Waals surface area (Å²) in [6.07, 6.45) is 8.09. The van der Waals surface area contributed by atoms with Gasteiger partial charge in [0.15, 0.2) is 0 Å². The van der Waals surface area contributed by atoms with Crippen LogP contribution in [-0.4, -0.2) is 51.9 Å². The van der Waals surface area contributed by atoms with E-state index in [1.165, 1.54) is 0 Å². The van der Waals surface area contributed by atoms with E-state index in [9.17, 15) is 4.79 Å². The second-order valence-electron chi connectivity index (χ2n) is 8.14. The van der Waals surface area contributed by atoms with Crippen LogP contribution in [0, 0.1) is 0 Å². The molecule has 4 heterocycles. The molecule has 0 aliphatic carbocycles. The Labute approximate surface area is 191 Å². The second-order valence-corrected chi connectivity index (χ2v) is 8.14. The number of carbonyl (C=O) groups excluding carboxylic acids is 1. The first-order chi connectivity index (χ1) is 16.3. The summed E-state index contributed by atoms with van der Waals surface area (Å²) in [4.78, 5) is 21.8. The van der Waals surface area contributed by atoms with E-state index in [-0.39, 0.29) is 5.91 Å². The topological polar surface area (TPSA) is 105 Å². The Kier molecular flexibility index (Phi) is 6.25. The minimum Gasteiger partial charge on any atom is -0.381 e. The minimum atomic E-state index is -0.187. The van der Waals surface area contributed by atoms with E-state index in [1.807, 2.05) is 30.5 Å². The van der Waals surface area contributed by atoms with Crippen LogP contribution < -0.4 is 10.6 Å². The second kappa shape index (κ2) is 9.79. The SMILES string of the molecule is O=C(NCCc1ccccc1-c1cn[nH]c1)c1ccc2cnc(NC3CCOCC3)cc2n1. The molecule has 8 nitrogen and oxygen atoms in total. The highest BCUT2D eigenvalue weighted by atomic mass is 16.5. The highest BCUT2D eigenvalue weighted by molar-refractivity contribution is 5.95. The number of benzene rings is 1. The van der Waals surface area contributed by atoms with Crippen LogP contribution in [0.25, 0.3) is 22.0 Å². The largest absolute Gasteiger partial charge is 0.381 e. The summed E-state index contributed by atoms with van der Waals surface area (Å²) >= 11 is 0. The normalized spacial score (nSPS) is 14.3. The van der Waals surface area contributed by atoms with Crippen molar-refractivity contribution in [1.29, 1.82) is 0 Å². The van der Waals surface area contributed by atoms with Gasteiger partial charge in [0.25, 0.3) is 5.91 Å². The van der Waals surface area contributed by atoms with Gasteiger partial charge in [0, 0.05) is 55.2 Å². The fraction of sp³-hybridized carbons (Fsp3) is 0.280. The molecule has 1 aromatic carbocycles. The summed E-state index contributed by atoms with van der Waals surface area (Å²) in [6.45, 7) is 2.04. The summed E-state index contributed by atoms with van der Waals surface area (Å²) in [5, 5.41) is 14.2. The highest BCUT2D eigenvalue weighted by Crippen LogP contribution is 2.23. The van der Waals surface area contributed by atoms with Gasteiger partial charge in [-0.15, -0.1) is 0 Å². The number of nitrogens with zero attached hydrogens (tertiary/aromatic N) is 3. The number of carbonyl (C=O) groups is 1. The van der Waals surface area contributed by atoms with Crippen molar-refractivity contribution < 1.29 is 9.53 Å². The molecule has 1 aliphatic rings. The van der Waals surface area contributed by atoms with E-state index in [1.54, 1.807) is 18.5 Å². The predicted molar refractivity (Wildman–Crippen MR) is 127 cm³/mol. The first-order valence-electron chi connectivity index (χ1n) is 11.2. The number of ether oxygens (including phenoxy) is 1. The molecule has 0 unspecified atom stereocenters. The Morgan fingerprint density at radius 3 is 2.85 bits per heavy atom. The van der Waals surface area contributed by atoms with Crippen LogP contribution in [0.4, 0.5) is 5.82 Å². The van der Waals surface area contributed by atoms with Gasteiger partial charge in [-0.05, 0) is 42.5 Å². The lowest BCUT2D eigenvalue weighted by molar-refractivity contribution is 0.0903. The summed E-state index contributed by atoms with van der Waals surface area (Å²) in [7, 11) is 0. The molecule has 1 aliphatic heterocycles. The fourth-order valence-corrected chi connectivity index (χ4v) is 4.09. The molecule has 0 atom stereocenters. The van der Waals surface area contributed by atoms with Crippen molar-refractivity contribution in [2.45, 2.75) is 25.3 Å². The number of nitrogens with one attached hydrogen (secondary N) is 3. The lowest BCUT2D eigenvalue weighted by atomic mass is 10.0. The predicted octanol–water partition coefficient (Wildman–Crippen LogP) is 3.58. The van der Waals surface area contributed by atoms with Gasteiger partial charge in [-0.1, -0.05) is 24.3 Å². The Morgan fingerprint density at radius 1 is 1.12 bits per heavy atom. The zero-order valence-electron chi connectivity index (χ0n) is 18.3. The van der Waals surface area contributed by atoms with Crippen molar-refractivity contribution in [2.75, 3.05) is 25.1 Å². The number of anilines is 1. The molecule has 168 valence electrons. The van der Waals surface area contributed by atoms with Crippen LogP contribution in [0.1, 0.15) is 28.9 Å². The zero-order chi connectivity index (χ0) is 22.5. The van der Waals surface area contributed by atoms with E-state index in [4.69, 9.17) is 4.74 Å². The summed E-state index contributed by atoms with van der Waals surface area (Å²) in [5.41, 5.74) is 4.44. The van der Waals surface area contributed by atoms with E-state index in [0.29, 0.717) is 24.7 Å². The van der Waals surface area contributed by atoms with Gasteiger partial charge in [0.2, 0.25) is 0 Å². The molecular weight excluding hydrogens is 416 g/mol. The van der Waals surface area contributed by atoms with Crippen molar-refractivity contribution in [3.05, 3.63) is 72.3 Å². The molecule has 4 aromatic rings. The molecule has 33 heavy (non-hydrogen) atoms. The molecule has 1 saturated heterocycles. The van der Waals surface area contributed by atoms with Crippen LogP contribution in [0.15, 0.2) is 61.1 Å². The number of pyridine rings is 2. The molecule has 1 fully saturated rings. The first kappa shape index (κ1) is 21.1. The van der Waals surface area contributed by atoms with Crippen molar-refractivity contribution in [1.82, 2.24) is 25.5 Å². The third-order valence-corrected chi connectivity index (χ3v) is 5.89. The number of aromatic amines is 1. The molecule has 0 spiro atoms. The first-order valence-corrected chi connectivity index (χ1v) is 11.2. The third kappa shape index (κ3) is 5.01. The molecule has 8 heteroatoms. The third-order valence-electron chi connectivity index (χ3n) is 5.89. The average Bonchev–Trinajstić information content (AvgIpc) is 3.39. The number of fused-ring (bicyclic) bond motifs is 1. The standard InChI is InChI=1S/C25H26N6O2/c32-25(26-10-7-17-3-1-2-4-21(17)19-15-28-29-16-19)22-6-5-18-14-27-24(13-23(18)31-22)30-20-8-11-33-12-9-20/h1-6,13-16,20H,7-12H2,(H,26,32)(H,27,30)(H,28,29). The number of hydrogen-bond acceptors (Lipinski definition) is 6. The van der Waals surface area contributed by atoms with Crippen LogP contribution in [0.2, 0.25) is 0 Å². The summed E-state index contributed by atoms with van der Waals surface area (Å²) < 4.78 is 5.41. The Hall–Kier alpha value is -3.78. The Bertz CT molecular complexity index is 1230. The monoisotopic (exact) mass is 442 g/mol. The maximum atomic E-state index is 12.8. The molecule has 1 amide bonds. The maximum absolute atomic E-state index is 12.8. The van der Waals surface area contributed by atoms with Gasteiger partial charge in [0.05, 0.1) is 11.7 Å². The Morgan fingerprint density at radius 2 is 2.00 bits per heavy atom. The molecule has 0 saturated carbocycles. The van der Waals surface area contributed by atoms with E-state index >= 15 is 0 Å². The van der Waals surface area contributed by atoms with Gasteiger partial charge >= 0.3 is 0 Å². The number of hydrogen-bond donors (Lipinski definition) is 3. The number of H-pyrrole nitrogens is 1. The van der Waals surface area contributed by atoms with Crippen molar-refractivity contribution in [2.24, 2.45) is 0 Å². The van der Waals surface area contributed by atoms with Crippen LogP contribution >= 0.6 is 0 Å². The van der Waals surface area contributed by atoms with E-state index < -0.39 is 0 Å². The Balaban J connectivity index is 1.24. The minimum absolute atomic E-state index is 0.187.